The molecule has 2 amide bonds. The second-order valence-corrected chi connectivity index (χ2v) is 7.65. The summed E-state index contributed by atoms with van der Waals surface area (Å²) in [5.74, 6) is 1.75. The Morgan fingerprint density at radius 2 is 2.10 bits per heavy atom. The number of rotatable bonds is 5. The van der Waals surface area contributed by atoms with Crippen LogP contribution in [-0.2, 0) is 6.42 Å². The summed E-state index contributed by atoms with van der Waals surface area (Å²) in [5.41, 5.74) is 2.40. The molecule has 0 bridgehead atoms. The smallest absolute Gasteiger partial charge is 0.322 e. The van der Waals surface area contributed by atoms with Crippen LogP contribution in [0.15, 0.2) is 59.1 Å². The highest BCUT2D eigenvalue weighted by atomic mass is 35.5. The van der Waals surface area contributed by atoms with E-state index < -0.39 is 0 Å². The lowest BCUT2D eigenvalue weighted by atomic mass is 10.0. The average molecular weight is 435 g/mol. The number of ether oxygens (including phenoxy) is 1. The number of methoxy groups -OCH3 is 1. The molecule has 5 rings (SSSR count). The predicted molar refractivity (Wildman–Crippen MR) is 119 cm³/mol. The Morgan fingerprint density at radius 1 is 1.19 bits per heavy atom. The van der Waals surface area contributed by atoms with Crippen LogP contribution in [0.1, 0.15) is 11.4 Å². The molecule has 0 atom stereocenters. The summed E-state index contributed by atoms with van der Waals surface area (Å²) in [7, 11) is 1.65. The molecular weight excluding hydrogens is 416 g/mol. The van der Waals surface area contributed by atoms with Gasteiger partial charge in [0.25, 0.3) is 5.89 Å². The fraction of sp³-hybridized carbons (Fsp3) is 0.174. The van der Waals surface area contributed by atoms with E-state index in [1.165, 1.54) is 0 Å². The third kappa shape index (κ3) is 3.68. The molecule has 31 heavy (non-hydrogen) atoms. The first kappa shape index (κ1) is 19.4. The van der Waals surface area contributed by atoms with Crippen molar-refractivity contribution in [3.63, 3.8) is 0 Å². The van der Waals surface area contributed by atoms with Crippen LogP contribution in [0.3, 0.4) is 0 Å². The summed E-state index contributed by atoms with van der Waals surface area (Å²) >= 11 is 6.32. The third-order valence-electron chi connectivity index (χ3n) is 5.34. The summed E-state index contributed by atoms with van der Waals surface area (Å²) in [6, 6.07) is 17.3. The minimum atomic E-state index is -0.170. The van der Waals surface area contributed by atoms with Gasteiger partial charge in [-0.2, -0.15) is 4.98 Å². The molecule has 1 aliphatic rings. The normalized spacial score (nSPS) is 13.6. The van der Waals surface area contributed by atoms with Crippen molar-refractivity contribution in [2.75, 3.05) is 25.1 Å². The van der Waals surface area contributed by atoms with Crippen LogP contribution in [0.2, 0.25) is 5.02 Å². The van der Waals surface area contributed by atoms with Crippen LogP contribution in [0.25, 0.3) is 22.2 Å². The van der Waals surface area contributed by atoms with Crippen LogP contribution < -0.4 is 15.0 Å². The first-order valence-electron chi connectivity index (χ1n) is 9.86. The molecule has 1 aromatic heterocycles. The van der Waals surface area contributed by atoms with E-state index in [2.05, 4.69) is 21.5 Å². The van der Waals surface area contributed by atoms with Crippen molar-refractivity contribution in [1.29, 1.82) is 0 Å². The highest BCUT2D eigenvalue weighted by Gasteiger charge is 2.24. The van der Waals surface area contributed by atoms with Gasteiger partial charge in [-0.05, 0) is 46.7 Å². The largest absolute Gasteiger partial charge is 0.497 e. The number of hydrogen-bond acceptors (Lipinski definition) is 5. The van der Waals surface area contributed by atoms with Crippen molar-refractivity contribution >= 4 is 34.1 Å². The Hall–Kier alpha value is -3.58. The Kier molecular flexibility index (Phi) is 4.95. The van der Waals surface area contributed by atoms with E-state index in [1.807, 2.05) is 30.3 Å². The summed E-state index contributed by atoms with van der Waals surface area (Å²) in [6.07, 6.45) is 0.517. The van der Waals surface area contributed by atoms with Crippen LogP contribution in [-0.4, -0.2) is 36.4 Å². The molecule has 7 nitrogen and oxygen atoms in total. The SMILES string of the molecule is COc1ccc2cccc(Cc3noc(-c4ccc(Cl)c(N5CCNC5=O)c4)n3)c2c1. The number of nitrogens with one attached hydrogen (secondary N) is 1. The molecule has 1 saturated heterocycles. The first-order chi connectivity index (χ1) is 15.1. The van der Waals surface area contributed by atoms with Gasteiger partial charge in [-0.25, -0.2) is 4.79 Å². The number of amides is 2. The van der Waals surface area contributed by atoms with Crippen molar-refractivity contribution in [1.82, 2.24) is 15.5 Å². The number of nitrogens with zero attached hydrogens (tertiary/aromatic N) is 3. The van der Waals surface area contributed by atoms with Gasteiger partial charge < -0.3 is 14.6 Å². The van der Waals surface area contributed by atoms with Gasteiger partial charge in [0.15, 0.2) is 5.82 Å². The molecule has 156 valence electrons. The van der Waals surface area contributed by atoms with Crippen molar-refractivity contribution < 1.29 is 14.1 Å². The molecule has 1 fully saturated rings. The van der Waals surface area contributed by atoms with Gasteiger partial charge in [-0.1, -0.05) is 41.0 Å². The fourth-order valence-corrected chi connectivity index (χ4v) is 3.98. The summed E-state index contributed by atoms with van der Waals surface area (Å²) in [6.45, 7) is 1.14. The molecular formula is C23H19ClN4O3. The molecule has 0 spiro atoms. The second kappa shape index (κ2) is 7.92. The zero-order valence-electron chi connectivity index (χ0n) is 16.8. The number of hydrogen-bond donors (Lipinski definition) is 1. The van der Waals surface area contributed by atoms with Crippen LogP contribution in [0.5, 0.6) is 5.75 Å². The van der Waals surface area contributed by atoms with Gasteiger partial charge in [0.2, 0.25) is 0 Å². The Bertz CT molecular complexity index is 1290. The van der Waals surface area contributed by atoms with E-state index in [-0.39, 0.29) is 6.03 Å². The standard InChI is InChI=1S/C23H19ClN4O3/c1-30-17-7-5-14-3-2-4-15(18(14)13-17)12-21-26-22(31-27-21)16-6-8-19(24)20(11-16)28-10-9-25-23(28)29/h2-8,11,13H,9-10,12H2,1H3,(H,25,29). The predicted octanol–water partition coefficient (Wildman–Crippen LogP) is 4.67. The monoisotopic (exact) mass is 434 g/mol. The Labute approximate surface area is 183 Å². The number of halogens is 1. The highest BCUT2D eigenvalue weighted by Crippen LogP contribution is 2.32. The third-order valence-corrected chi connectivity index (χ3v) is 5.66. The number of carbonyl (C=O) groups excluding carboxylic acids is 1. The van der Waals surface area contributed by atoms with E-state index in [9.17, 15) is 4.79 Å². The number of benzene rings is 3. The summed E-state index contributed by atoms with van der Waals surface area (Å²) in [5, 5.41) is 9.63. The molecule has 1 aliphatic heterocycles. The lowest BCUT2D eigenvalue weighted by molar-refractivity contribution is 0.252. The molecule has 8 heteroatoms. The van der Waals surface area contributed by atoms with Crippen LogP contribution in [0, 0.1) is 0 Å². The minimum absolute atomic E-state index is 0.170. The van der Waals surface area contributed by atoms with Crippen molar-refractivity contribution in [3.8, 4) is 17.2 Å². The number of urea groups is 1. The molecule has 3 aromatic carbocycles. The Morgan fingerprint density at radius 3 is 2.90 bits per heavy atom. The number of aromatic nitrogens is 2. The van der Waals surface area contributed by atoms with Gasteiger partial charge in [-0.3, -0.25) is 4.90 Å². The molecule has 0 saturated carbocycles. The molecule has 0 radical (unpaired) electrons. The lowest BCUT2D eigenvalue weighted by Gasteiger charge is -2.16. The molecule has 0 unspecified atom stereocenters. The minimum Gasteiger partial charge on any atom is -0.497 e. The molecule has 0 aliphatic carbocycles. The topological polar surface area (TPSA) is 80.5 Å². The van der Waals surface area contributed by atoms with E-state index in [0.29, 0.717) is 47.5 Å². The average Bonchev–Trinajstić information content (AvgIpc) is 3.43. The van der Waals surface area contributed by atoms with E-state index >= 15 is 0 Å². The van der Waals surface area contributed by atoms with Gasteiger partial charge in [0.1, 0.15) is 5.75 Å². The first-order valence-corrected chi connectivity index (χ1v) is 10.2. The number of anilines is 1. The van der Waals surface area contributed by atoms with Crippen molar-refractivity contribution in [3.05, 3.63) is 71.0 Å². The maximum absolute atomic E-state index is 12.0. The lowest BCUT2D eigenvalue weighted by Crippen LogP contribution is -2.27. The number of carbonyl (C=O) groups is 1. The van der Waals surface area contributed by atoms with E-state index in [1.54, 1.807) is 30.2 Å². The van der Waals surface area contributed by atoms with Crippen molar-refractivity contribution in [2.45, 2.75) is 6.42 Å². The van der Waals surface area contributed by atoms with Crippen LogP contribution >= 0.6 is 11.6 Å². The van der Waals surface area contributed by atoms with Gasteiger partial charge in [0, 0.05) is 25.1 Å². The number of fused-ring (bicyclic) bond motifs is 1. The summed E-state index contributed by atoms with van der Waals surface area (Å²) < 4.78 is 10.9. The zero-order valence-corrected chi connectivity index (χ0v) is 17.5. The molecule has 4 aromatic rings. The maximum atomic E-state index is 12.0. The Balaban J connectivity index is 1.45. The van der Waals surface area contributed by atoms with Gasteiger partial charge in [0.05, 0.1) is 17.8 Å². The summed E-state index contributed by atoms with van der Waals surface area (Å²) in [4.78, 5) is 18.2. The highest BCUT2D eigenvalue weighted by molar-refractivity contribution is 6.34. The molecule has 2 heterocycles. The maximum Gasteiger partial charge on any atom is 0.322 e. The van der Waals surface area contributed by atoms with Gasteiger partial charge >= 0.3 is 6.03 Å². The second-order valence-electron chi connectivity index (χ2n) is 7.25. The fourth-order valence-electron chi connectivity index (χ4n) is 3.77. The van der Waals surface area contributed by atoms with E-state index in [4.69, 9.17) is 20.9 Å². The zero-order chi connectivity index (χ0) is 21.4. The van der Waals surface area contributed by atoms with E-state index in [0.717, 1.165) is 22.1 Å². The molecule has 1 N–H and O–H groups in total. The van der Waals surface area contributed by atoms with Crippen LogP contribution in [0.4, 0.5) is 10.5 Å². The quantitative estimate of drug-likeness (QED) is 0.493. The van der Waals surface area contributed by atoms with Crippen molar-refractivity contribution in [2.24, 2.45) is 0 Å². The van der Waals surface area contributed by atoms with Gasteiger partial charge in [-0.15, -0.1) is 0 Å².